The summed E-state index contributed by atoms with van der Waals surface area (Å²) in [7, 11) is 0. The second-order valence-corrected chi connectivity index (χ2v) is 5.08. The van der Waals surface area contributed by atoms with Gasteiger partial charge in [-0.05, 0) is 38.1 Å². The molecular weight excluding hydrogens is 278 g/mol. The van der Waals surface area contributed by atoms with E-state index in [1.165, 1.54) is 0 Å². The van der Waals surface area contributed by atoms with Gasteiger partial charge in [0.15, 0.2) is 0 Å². The quantitative estimate of drug-likeness (QED) is 0.829. The highest BCUT2D eigenvalue weighted by Crippen LogP contribution is 2.19. The van der Waals surface area contributed by atoms with Crippen molar-refractivity contribution in [3.05, 3.63) is 40.7 Å². The molecule has 1 aromatic heterocycles. The van der Waals surface area contributed by atoms with Gasteiger partial charge in [-0.3, -0.25) is 4.68 Å². The van der Waals surface area contributed by atoms with Crippen molar-refractivity contribution in [3.8, 4) is 5.75 Å². The molecule has 0 aliphatic carbocycles. The van der Waals surface area contributed by atoms with E-state index in [2.05, 4.69) is 5.10 Å². The lowest BCUT2D eigenvalue weighted by Crippen LogP contribution is -2.24. The predicted octanol–water partition coefficient (Wildman–Crippen LogP) is 2.18. The summed E-state index contributed by atoms with van der Waals surface area (Å²) in [6.45, 7) is 4.23. The van der Waals surface area contributed by atoms with Crippen LogP contribution in [0.25, 0.3) is 0 Å². The van der Waals surface area contributed by atoms with E-state index in [1.54, 1.807) is 28.9 Å². The van der Waals surface area contributed by atoms with Crippen LogP contribution in [-0.2, 0) is 6.54 Å². The fourth-order valence-electron chi connectivity index (χ4n) is 1.86. The summed E-state index contributed by atoms with van der Waals surface area (Å²) in [6.07, 6.45) is -0.665. The Labute approximate surface area is 122 Å². The van der Waals surface area contributed by atoms with Crippen LogP contribution in [0.2, 0.25) is 5.02 Å². The van der Waals surface area contributed by atoms with Crippen LogP contribution in [-0.4, -0.2) is 27.6 Å². The number of aliphatic hydroxyl groups is 1. The molecule has 2 rings (SSSR count). The van der Waals surface area contributed by atoms with Crippen LogP contribution in [0.1, 0.15) is 11.4 Å². The number of rotatable bonds is 5. The van der Waals surface area contributed by atoms with Gasteiger partial charge < -0.3 is 15.6 Å². The number of ether oxygens (including phenoxy) is 1. The predicted molar refractivity (Wildman–Crippen MR) is 79.1 cm³/mol. The van der Waals surface area contributed by atoms with Gasteiger partial charge in [0, 0.05) is 5.69 Å². The maximum Gasteiger partial charge on any atom is 0.119 e. The van der Waals surface area contributed by atoms with E-state index < -0.39 is 6.10 Å². The molecule has 1 aromatic carbocycles. The Balaban J connectivity index is 1.90. The lowest BCUT2D eigenvalue weighted by Gasteiger charge is -2.13. The van der Waals surface area contributed by atoms with Crippen LogP contribution in [0.15, 0.2) is 24.3 Å². The highest BCUT2D eigenvalue weighted by atomic mass is 35.5. The fraction of sp³-hybridized carbons (Fsp3) is 0.357. The Kier molecular flexibility index (Phi) is 4.52. The van der Waals surface area contributed by atoms with Gasteiger partial charge in [-0.25, -0.2) is 0 Å². The lowest BCUT2D eigenvalue weighted by atomic mass is 10.3. The molecule has 1 heterocycles. The molecule has 108 valence electrons. The molecule has 0 aliphatic heterocycles. The number of hydrogen-bond acceptors (Lipinski definition) is 4. The number of aromatic nitrogens is 2. The molecule has 5 nitrogen and oxygen atoms in total. The fourth-order valence-corrected chi connectivity index (χ4v) is 2.00. The number of nitrogen functional groups attached to an aromatic ring is 1. The van der Waals surface area contributed by atoms with Gasteiger partial charge in [0.2, 0.25) is 0 Å². The van der Waals surface area contributed by atoms with Crippen molar-refractivity contribution in [2.45, 2.75) is 26.5 Å². The van der Waals surface area contributed by atoms with Crippen LogP contribution in [0.3, 0.4) is 0 Å². The number of aliphatic hydroxyl groups excluding tert-OH is 1. The van der Waals surface area contributed by atoms with E-state index in [1.807, 2.05) is 13.8 Å². The van der Waals surface area contributed by atoms with Crippen molar-refractivity contribution in [1.29, 1.82) is 0 Å². The van der Waals surface area contributed by atoms with Gasteiger partial charge in [-0.15, -0.1) is 0 Å². The molecule has 0 spiro atoms. The van der Waals surface area contributed by atoms with Gasteiger partial charge in [0.25, 0.3) is 0 Å². The molecule has 1 atom stereocenters. The average molecular weight is 296 g/mol. The Bertz CT molecular complexity index is 581. The average Bonchev–Trinajstić information content (AvgIpc) is 2.66. The Morgan fingerprint density at radius 2 is 2.00 bits per heavy atom. The number of anilines is 1. The molecule has 2 aromatic rings. The summed E-state index contributed by atoms with van der Waals surface area (Å²) in [6, 6.07) is 7.04. The Morgan fingerprint density at radius 3 is 2.55 bits per heavy atom. The van der Waals surface area contributed by atoms with Crippen molar-refractivity contribution >= 4 is 17.3 Å². The third kappa shape index (κ3) is 3.43. The summed E-state index contributed by atoms with van der Waals surface area (Å²) in [4.78, 5) is 0. The topological polar surface area (TPSA) is 73.3 Å². The van der Waals surface area contributed by atoms with Crippen molar-refractivity contribution in [3.63, 3.8) is 0 Å². The molecule has 0 radical (unpaired) electrons. The number of nitrogens with zero attached hydrogens (tertiary/aromatic N) is 2. The summed E-state index contributed by atoms with van der Waals surface area (Å²) in [5, 5.41) is 14.9. The van der Waals surface area contributed by atoms with E-state index in [0.717, 1.165) is 11.4 Å². The molecule has 0 fully saturated rings. The molecule has 6 heteroatoms. The molecular formula is C14H18ClN3O2. The largest absolute Gasteiger partial charge is 0.491 e. The first-order valence-corrected chi connectivity index (χ1v) is 6.71. The molecule has 0 aliphatic rings. The van der Waals surface area contributed by atoms with Gasteiger partial charge in [-0.1, -0.05) is 11.6 Å². The van der Waals surface area contributed by atoms with Crippen LogP contribution in [0, 0.1) is 13.8 Å². The monoisotopic (exact) mass is 295 g/mol. The van der Waals surface area contributed by atoms with Crippen molar-refractivity contribution < 1.29 is 9.84 Å². The van der Waals surface area contributed by atoms with E-state index in [4.69, 9.17) is 22.1 Å². The number of aryl methyl sites for hydroxylation is 1. The van der Waals surface area contributed by atoms with Crippen LogP contribution >= 0.6 is 11.6 Å². The standard InChI is InChI=1S/C14H18ClN3O2/c1-9-14(15)10(2)18(17-9)7-12(19)8-20-13-5-3-11(16)4-6-13/h3-6,12,19H,7-8,16H2,1-2H3. The second-order valence-electron chi connectivity index (χ2n) is 4.70. The minimum Gasteiger partial charge on any atom is -0.491 e. The number of benzene rings is 1. The minimum absolute atomic E-state index is 0.180. The van der Waals surface area contributed by atoms with Gasteiger partial charge in [-0.2, -0.15) is 5.10 Å². The number of halogens is 1. The molecule has 1 unspecified atom stereocenters. The van der Waals surface area contributed by atoms with E-state index in [-0.39, 0.29) is 6.61 Å². The molecule has 0 bridgehead atoms. The third-order valence-corrected chi connectivity index (χ3v) is 3.55. The van der Waals surface area contributed by atoms with Crippen molar-refractivity contribution in [1.82, 2.24) is 9.78 Å². The second kappa shape index (κ2) is 6.15. The summed E-state index contributed by atoms with van der Waals surface area (Å²) in [5.41, 5.74) is 7.87. The van der Waals surface area contributed by atoms with Gasteiger partial charge >= 0.3 is 0 Å². The van der Waals surface area contributed by atoms with Crippen LogP contribution in [0.5, 0.6) is 5.75 Å². The molecule has 0 amide bonds. The summed E-state index contributed by atoms with van der Waals surface area (Å²) >= 11 is 6.06. The highest BCUT2D eigenvalue weighted by molar-refractivity contribution is 6.31. The van der Waals surface area contributed by atoms with Gasteiger partial charge in [0.1, 0.15) is 18.5 Å². The highest BCUT2D eigenvalue weighted by Gasteiger charge is 2.13. The number of hydrogen-bond donors (Lipinski definition) is 2. The SMILES string of the molecule is Cc1nn(CC(O)COc2ccc(N)cc2)c(C)c1Cl. The van der Waals surface area contributed by atoms with Crippen molar-refractivity contribution in [2.75, 3.05) is 12.3 Å². The first-order valence-electron chi connectivity index (χ1n) is 6.33. The van der Waals surface area contributed by atoms with Crippen LogP contribution < -0.4 is 10.5 Å². The smallest absolute Gasteiger partial charge is 0.119 e. The summed E-state index contributed by atoms with van der Waals surface area (Å²) in [5.74, 6) is 0.671. The third-order valence-electron chi connectivity index (χ3n) is 3.00. The first kappa shape index (κ1) is 14.7. The lowest BCUT2D eigenvalue weighted by molar-refractivity contribution is 0.0887. The maximum atomic E-state index is 9.99. The van der Waals surface area contributed by atoms with E-state index in [0.29, 0.717) is 23.0 Å². The number of nitrogens with two attached hydrogens (primary N) is 1. The van der Waals surface area contributed by atoms with Crippen molar-refractivity contribution in [2.24, 2.45) is 0 Å². The first-order chi connectivity index (χ1) is 9.47. The maximum absolute atomic E-state index is 9.99. The Hall–Kier alpha value is -1.72. The van der Waals surface area contributed by atoms with Gasteiger partial charge in [0.05, 0.1) is 23.0 Å². The molecule has 0 saturated heterocycles. The molecule has 3 N–H and O–H groups in total. The zero-order valence-electron chi connectivity index (χ0n) is 11.5. The summed E-state index contributed by atoms with van der Waals surface area (Å²) < 4.78 is 7.18. The van der Waals surface area contributed by atoms with Crippen LogP contribution in [0.4, 0.5) is 5.69 Å². The minimum atomic E-state index is -0.665. The Morgan fingerprint density at radius 1 is 1.35 bits per heavy atom. The molecule has 20 heavy (non-hydrogen) atoms. The normalized spacial score (nSPS) is 12.4. The van der Waals surface area contributed by atoms with E-state index >= 15 is 0 Å². The zero-order valence-corrected chi connectivity index (χ0v) is 12.3. The zero-order chi connectivity index (χ0) is 14.7. The van der Waals surface area contributed by atoms with E-state index in [9.17, 15) is 5.11 Å². The molecule has 0 saturated carbocycles.